The molecule has 1 aromatic carbocycles. The highest BCUT2D eigenvalue weighted by Crippen LogP contribution is 2.21. The topological polar surface area (TPSA) is 204 Å². The van der Waals surface area contributed by atoms with Crippen molar-refractivity contribution >= 4 is 46.8 Å². The van der Waals surface area contributed by atoms with Crippen molar-refractivity contribution in [2.45, 2.75) is 89.5 Å². The van der Waals surface area contributed by atoms with E-state index in [2.05, 4.69) is 27.5 Å². The molecule has 244 valence electrons. The molecule has 13 heteroatoms. The molecule has 1 aliphatic rings. The Bertz CT molecular complexity index is 1420. The Morgan fingerprint density at radius 1 is 1.13 bits per heavy atom. The Labute approximate surface area is 262 Å². The molecule has 1 aliphatic heterocycles. The Balaban J connectivity index is 1.68. The molecule has 45 heavy (non-hydrogen) atoms. The van der Waals surface area contributed by atoms with Gasteiger partial charge in [0, 0.05) is 36.5 Å². The van der Waals surface area contributed by atoms with Crippen LogP contribution in [-0.2, 0) is 35.2 Å². The fourth-order valence-electron chi connectivity index (χ4n) is 5.48. The van der Waals surface area contributed by atoms with Gasteiger partial charge in [-0.1, -0.05) is 37.6 Å². The fourth-order valence-corrected chi connectivity index (χ4v) is 5.48. The zero-order chi connectivity index (χ0) is 33.3. The third-order valence-corrected chi connectivity index (χ3v) is 7.86. The third-order valence-electron chi connectivity index (χ3n) is 7.86. The number of benzene rings is 1. The smallest absolute Gasteiger partial charge is 0.303 e. The average molecular weight is 625 g/mol. The average Bonchev–Trinajstić information content (AvgIpc) is 3.64. The summed E-state index contributed by atoms with van der Waals surface area (Å²) in [5, 5.41) is 18.0. The summed E-state index contributed by atoms with van der Waals surface area (Å²) in [6.07, 6.45) is 3.36. The minimum atomic E-state index is -1.07. The van der Waals surface area contributed by atoms with Crippen LogP contribution >= 0.6 is 0 Å². The maximum Gasteiger partial charge on any atom is 0.303 e. The number of carbonyl (C=O) groups is 6. The van der Waals surface area contributed by atoms with Gasteiger partial charge in [-0.25, -0.2) is 0 Å². The molecule has 3 rings (SSSR count). The van der Waals surface area contributed by atoms with Crippen LogP contribution in [0.15, 0.2) is 42.6 Å². The normalized spacial score (nSPS) is 17.3. The minimum absolute atomic E-state index is 0.0606. The summed E-state index contributed by atoms with van der Waals surface area (Å²) >= 11 is 0. The lowest BCUT2D eigenvalue weighted by Gasteiger charge is -2.30. The molecule has 0 spiro atoms. The number of hydrogen-bond donors (Lipinski definition) is 6. The van der Waals surface area contributed by atoms with Crippen molar-refractivity contribution in [3.8, 4) is 0 Å². The van der Waals surface area contributed by atoms with Crippen molar-refractivity contribution in [1.82, 2.24) is 25.8 Å². The Hall–Kier alpha value is -4.52. The lowest BCUT2D eigenvalue weighted by molar-refractivity contribution is -0.141. The van der Waals surface area contributed by atoms with Crippen LogP contribution in [0, 0.1) is 5.92 Å². The quantitative estimate of drug-likeness (QED) is 0.118. The summed E-state index contributed by atoms with van der Waals surface area (Å²) in [6.45, 7) is 9.34. The summed E-state index contributed by atoms with van der Waals surface area (Å²) < 4.78 is 0. The van der Waals surface area contributed by atoms with E-state index in [1.165, 1.54) is 4.90 Å². The number of hydrogen-bond acceptors (Lipinski definition) is 7. The first kappa shape index (κ1) is 35.0. The molecular weight excluding hydrogens is 580 g/mol. The van der Waals surface area contributed by atoms with Crippen LogP contribution < -0.4 is 21.7 Å². The number of carboxylic acid groups (broad SMARTS) is 1. The van der Waals surface area contributed by atoms with Gasteiger partial charge in [0.2, 0.25) is 23.6 Å². The number of fused-ring (bicyclic) bond motifs is 1. The summed E-state index contributed by atoms with van der Waals surface area (Å²) in [4.78, 5) is 80.4. The van der Waals surface area contributed by atoms with E-state index in [4.69, 9.17) is 10.8 Å². The van der Waals surface area contributed by atoms with Crippen molar-refractivity contribution in [2.24, 2.45) is 11.7 Å². The zero-order valence-electron chi connectivity index (χ0n) is 26.0. The molecule has 2 heterocycles. The first-order valence-corrected chi connectivity index (χ1v) is 15.2. The molecule has 0 unspecified atom stereocenters. The highest BCUT2D eigenvalue weighted by Gasteiger charge is 2.38. The van der Waals surface area contributed by atoms with Gasteiger partial charge < -0.3 is 41.5 Å². The van der Waals surface area contributed by atoms with Crippen LogP contribution in [0.2, 0.25) is 0 Å². The number of aliphatic carboxylic acids is 1. The van der Waals surface area contributed by atoms with Gasteiger partial charge in [0.1, 0.15) is 24.4 Å². The zero-order valence-corrected chi connectivity index (χ0v) is 26.0. The number of rotatable bonds is 16. The van der Waals surface area contributed by atoms with Gasteiger partial charge in [-0.2, -0.15) is 0 Å². The highest BCUT2D eigenvalue weighted by atomic mass is 16.4. The molecule has 1 fully saturated rings. The third kappa shape index (κ3) is 9.48. The maximum atomic E-state index is 13.5. The van der Waals surface area contributed by atoms with E-state index in [0.717, 1.165) is 16.5 Å². The molecule has 13 nitrogen and oxygen atoms in total. The van der Waals surface area contributed by atoms with Crippen molar-refractivity contribution in [2.75, 3.05) is 6.54 Å². The number of aldehydes is 1. The maximum absolute atomic E-state index is 13.5. The van der Waals surface area contributed by atoms with Crippen LogP contribution in [0.25, 0.3) is 10.9 Å². The van der Waals surface area contributed by atoms with Gasteiger partial charge in [0.15, 0.2) is 0 Å². The second kappa shape index (κ2) is 16.0. The number of amides is 4. The second-order valence-electron chi connectivity index (χ2n) is 12.0. The largest absolute Gasteiger partial charge is 0.481 e. The van der Waals surface area contributed by atoms with Crippen molar-refractivity contribution in [1.29, 1.82) is 0 Å². The van der Waals surface area contributed by atoms with Crippen molar-refractivity contribution in [3.63, 3.8) is 0 Å². The van der Waals surface area contributed by atoms with Gasteiger partial charge in [-0.15, -0.1) is 6.58 Å². The first-order chi connectivity index (χ1) is 21.3. The Morgan fingerprint density at radius 2 is 1.84 bits per heavy atom. The van der Waals surface area contributed by atoms with Crippen LogP contribution in [0.4, 0.5) is 0 Å². The molecule has 2 aromatic rings. The molecule has 4 amide bonds. The first-order valence-electron chi connectivity index (χ1n) is 15.2. The number of carboxylic acids is 1. The van der Waals surface area contributed by atoms with Gasteiger partial charge >= 0.3 is 5.97 Å². The number of likely N-dealkylation sites (tertiary alicyclic amines) is 1. The minimum Gasteiger partial charge on any atom is -0.481 e. The summed E-state index contributed by atoms with van der Waals surface area (Å²) in [6, 6.07) is 2.73. The predicted molar refractivity (Wildman–Crippen MR) is 168 cm³/mol. The number of para-hydroxylation sites is 1. The van der Waals surface area contributed by atoms with Crippen LogP contribution in [0.5, 0.6) is 0 Å². The number of nitrogens with one attached hydrogen (secondary N) is 4. The monoisotopic (exact) mass is 624 g/mol. The number of aromatic amines is 1. The lowest BCUT2D eigenvalue weighted by atomic mass is 10.0. The van der Waals surface area contributed by atoms with Crippen molar-refractivity contribution < 1.29 is 33.9 Å². The summed E-state index contributed by atoms with van der Waals surface area (Å²) in [5.41, 5.74) is 8.30. The molecule has 0 radical (unpaired) electrons. The molecular formula is C32H44N6O7. The number of nitrogens with zero attached hydrogens (tertiary/aromatic N) is 1. The van der Waals surface area contributed by atoms with Gasteiger partial charge in [0.25, 0.3) is 0 Å². The summed E-state index contributed by atoms with van der Waals surface area (Å²) in [5.74, 6) is -3.69. The number of carbonyl (C=O) groups excluding carboxylic acids is 5. The number of nitrogens with two attached hydrogens (primary N) is 1. The van der Waals surface area contributed by atoms with Crippen LogP contribution in [0.3, 0.4) is 0 Å². The van der Waals surface area contributed by atoms with E-state index in [0.29, 0.717) is 24.7 Å². The summed E-state index contributed by atoms with van der Waals surface area (Å²) in [7, 11) is 0. The molecule has 0 saturated carbocycles. The molecule has 0 bridgehead atoms. The molecule has 1 aromatic heterocycles. The van der Waals surface area contributed by atoms with E-state index < -0.39 is 59.8 Å². The molecule has 1 saturated heterocycles. The van der Waals surface area contributed by atoms with Crippen LogP contribution in [0.1, 0.15) is 58.4 Å². The van der Waals surface area contributed by atoms with Gasteiger partial charge in [-0.3, -0.25) is 24.0 Å². The van der Waals surface area contributed by atoms with Crippen LogP contribution in [-0.4, -0.2) is 87.6 Å². The second-order valence-corrected chi connectivity index (χ2v) is 12.0. The molecule has 5 atom stereocenters. The Kier molecular flexibility index (Phi) is 12.4. The molecule has 7 N–H and O–H groups in total. The van der Waals surface area contributed by atoms with E-state index in [9.17, 15) is 28.8 Å². The van der Waals surface area contributed by atoms with E-state index >= 15 is 0 Å². The number of H-pyrrole nitrogens is 1. The van der Waals surface area contributed by atoms with E-state index in [1.807, 2.05) is 24.3 Å². The molecule has 0 aliphatic carbocycles. The predicted octanol–water partition coefficient (Wildman–Crippen LogP) is 1.17. The number of aromatic nitrogens is 1. The van der Waals surface area contributed by atoms with Crippen molar-refractivity contribution in [3.05, 3.63) is 48.2 Å². The SMILES string of the molecule is C=C(C)C[C@H](NC(=O)[C@H](NC(=O)[C@@H]1CCCN1C(=O)[C@H](N)CCC(=O)O)C(C)C)C(=O)N[C@@H](C=O)Cc1c[nH]c2ccccc12. The van der Waals surface area contributed by atoms with E-state index in [1.54, 1.807) is 27.0 Å². The highest BCUT2D eigenvalue weighted by molar-refractivity contribution is 5.95. The van der Waals surface area contributed by atoms with Gasteiger partial charge in [-0.05, 0) is 50.2 Å². The Morgan fingerprint density at radius 3 is 2.49 bits per heavy atom. The lowest BCUT2D eigenvalue weighted by Crippen LogP contribution is -2.59. The van der Waals surface area contributed by atoms with Gasteiger partial charge in [0.05, 0.1) is 12.1 Å². The van der Waals surface area contributed by atoms with E-state index in [-0.39, 0.29) is 38.1 Å². The fraction of sp³-hybridized carbons (Fsp3) is 0.500. The standard InChI is InChI=1S/C32H44N6O7/c1-18(2)14-25(29(42)35-21(17-39)15-20-16-34-24-9-6-5-8-22(20)24)36-31(44)28(19(3)4)37-30(43)26-10-7-13-38(26)32(45)23(33)11-12-27(40)41/h5-6,8-9,16-17,19,21,23,25-26,28,34H,1,7,10-15,33H2,2-4H3,(H,35,42)(H,36,44)(H,37,43)(H,40,41)/t21-,23-,25+,26+,28-/m1/s1.